The molecule has 2 aliphatic rings. The van der Waals surface area contributed by atoms with Crippen molar-refractivity contribution in [2.75, 3.05) is 13.7 Å². The first-order chi connectivity index (χ1) is 17.0. The maximum atomic E-state index is 13.1. The molecule has 1 atom stereocenters. The van der Waals surface area contributed by atoms with E-state index < -0.39 is 0 Å². The van der Waals surface area contributed by atoms with Crippen molar-refractivity contribution in [2.24, 2.45) is 5.92 Å². The summed E-state index contributed by atoms with van der Waals surface area (Å²) in [7, 11) is 1.37. The van der Waals surface area contributed by atoms with Gasteiger partial charge in [-0.3, -0.25) is 4.79 Å². The minimum absolute atomic E-state index is 0.0335. The van der Waals surface area contributed by atoms with Crippen molar-refractivity contribution < 1.29 is 19.1 Å². The lowest BCUT2D eigenvalue weighted by atomic mass is 9.94. The van der Waals surface area contributed by atoms with Crippen LogP contribution in [-0.2, 0) is 22.6 Å². The highest BCUT2D eigenvalue weighted by atomic mass is 35.5. The van der Waals surface area contributed by atoms with Crippen LogP contribution in [-0.4, -0.2) is 36.5 Å². The van der Waals surface area contributed by atoms with Crippen LogP contribution in [0.3, 0.4) is 0 Å². The lowest BCUT2D eigenvalue weighted by Crippen LogP contribution is -2.39. The van der Waals surface area contributed by atoms with Gasteiger partial charge in [0, 0.05) is 33.5 Å². The molecular weight excluding hydrogens is 482 g/mol. The zero-order valence-electron chi connectivity index (χ0n) is 19.9. The average molecular weight is 512 g/mol. The Morgan fingerprint density at radius 1 is 1.09 bits per heavy atom. The fourth-order valence-corrected chi connectivity index (χ4v) is 6.89. The molecule has 3 aromatic rings. The quantitative estimate of drug-likeness (QED) is 0.333. The molecule has 0 N–H and O–H groups in total. The lowest BCUT2D eigenvalue weighted by molar-refractivity contribution is -0.133. The molecule has 0 bridgehead atoms. The Balaban J connectivity index is 1.24. The number of likely N-dealkylation sites (tertiary alicyclic amines) is 1. The third-order valence-electron chi connectivity index (χ3n) is 7.25. The van der Waals surface area contributed by atoms with Crippen LogP contribution in [0.25, 0.3) is 10.1 Å². The number of carbonyl (C=O) groups excluding carboxylic acids is 2. The van der Waals surface area contributed by atoms with Crippen LogP contribution in [0.1, 0.15) is 59.3 Å². The maximum absolute atomic E-state index is 13.1. The highest BCUT2D eigenvalue weighted by molar-refractivity contribution is 7.19. The summed E-state index contributed by atoms with van der Waals surface area (Å²) in [6.07, 6.45) is 7.72. The van der Waals surface area contributed by atoms with Crippen LogP contribution < -0.4 is 4.74 Å². The van der Waals surface area contributed by atoms with E-state index in [4.69, 9.17) is 21.1 Å². The van der Waals surface area contributed by atoms with Crippen LogP contribution in [0.4, 0.5) is 0 Å². The van der Waals surface area contributed by atoms with Crippen LogP contribution >= 0.6 is 22.9 Å². The topological polar surface area (TPSA) is 55.8 Å². The van der Waals surface area contributed by atoms with Gasteiger partial charge in [0.1, 0.15) is 12.4 Å². The summed E-state index contributed by atoms with van der Waals surface area (Å²) in [5, 5.41) is 1.77. The van der Waals surface area contributed by atoms with Gasteiger partial charge in [0.25, 0.3) is 0 Å². The normalized spacial score (nSPS) is 18.9. The van der Waals surface area contributed by atoms with E-state index in [1.54, 1.807) is 23.5 Å². The molecule has 35 heavy (non-hydrogen) atoms. The molecule has 1 saturated heterocycles. The SMILES string of the molecule is COC(=O)c1ccc(COc2ccc3c(Cl)c(CC4CCN(C5CCCCC5)C4=O)sc3c2)cc1. The molecule has 1 aliphatic carbocycles. The summed E-state index contributed by atoms with van der Waals surface area (Å²) in [5.74, 6) is 0.757. The zero-order valence-corrected chi connectivity index (χ0v) is 21.5. The Hall–Kier alpha value is -2.57. The van der Waals surface area contributed by atoms with Crippen LogP contribution in [0.5, 0.6) is 5.75 Å². The fourth-order valence-electron chi connectivity index (χ4n) is 5.27. The zero-order chi connectivity index (χ0) is 24.4. The Morgan fingerprint density at radius 2 is 1.86 bits per heavy atom. The molecule has 7 heteroatoms. The van der Waals surface area contributed by atoms with Gasteiger partial charge < -0.3 is 14.4 Å². The number of halogens is 1. The maximum Gasteiger partial charge on any atom is 0.337 e. The van der Waals surface area contributed by atoms with Gasteiger partial charge in [-0.1, -0.05) is 43.0 Å². The fraction of sp³-hybridized carbons (Fsp3) is 0.429. The molecule has 1 unspecified atom stereocenters. The molecule has 1 saturated carbocycles. The predicted molar refractivity (Wildman–Crippen MR) is 139 cm³/mol. The van der Waals surface area contributed by atoms with Crippen LogP contribution in [0.2, 0.25) is 5.02 Å². The van der Waals surface area contributed by atoms with E-state index in [1.165, 1.54) is 26.4 Å². The number of thiophene rings is 1. The molecule has 1 amide bonds. The van der Waals surface area contributed by atoms with E-state index in [0.29, 0.717) is 30.5 Å². The van der Waals surface area contributed by atoms with Crippen molar-refractivity contribution in [2.45, 2.75) is 57.6 Å². The summed E-state index contributed by atoms with van der Waals surface area (Å²) >= 11 is 8.41. The van der Waals surface area contributed by atoms with Gasteiger partial charge in [-0.2, -0.15) is 0 Å². The van der Waals surface area contributed by atoms with Gasteiger partial charge in [-0.25, -0.2) is 4.79 Å². The molecule has 184 valence electrons. The smallest absolute Gasteiger partial charge is 0.337 e. The summed E-state index contributed by atoms with van der Waals surface area (Å²) in [6, 6.07) is 13.6. The van der Waals surface area contributed by atoms with Crippen molar-refractivity contribution in [3.8, 4) is 5.75 Å². The number of amides is 1. The van der Waals surface area contributed by atoms with Crippen molar-refractivity contribution in [1.29, 1.82) is 0 Å². The van der Waals surface area contributed by atoms with Crippen molar-refractivity contribution in [1.82, 2.24) is 4.90 Å². The summed E-state index contributed by atoms with van der Waals surface area (Å²) < 4.78 is 11.8. The number of benzene rings is 2. The third-order valence-corrected chi connectivity index (χ3v) is 8.96. The van der Waals surface area contributed by atoms with E-state index in [1.807, 2.05) is 30.3 Å². The first kappa shape index (κ1) is 24.1. The number of methoxy groups -OCH3 is 1. The van der Waals surface area contributed by atoms with Gasteiger partial charge in [-0.15, -0.1) is 11.3 Å². The standard InChI is InChI=1S/C28H30ClNO4S/c1-33-28(32)19-9-7-18(8-10-19)17-34-22-11-12-23-24(16-22)35-25(26(23)29)15-20-13-14-30(27(20)31)21-5-3-2-4-6-21/h7-12,16,20-21H,2-6,13-15,17H2,1H3. The van der Waals surface area contributed by atoms with E-state index in [0.717, 1.165) is 57.1 Å². The first-order valence-corrected chi connectivity index (χ1v) is 13.5. The average Bonchev–Trinajstić information content (AvgIpc) is 3.42. The van der Waals surface area contributed by atoms with Crippen molar-refractivity contribution in [3.63, 3.8) is 0 Å². The second kappa shape index (κ2) is 10.6. The molecule has 2 heterocycles. The third kappa shape index (κ3) is 5.19. The van der Waals surface area contributed by atoms with Crippen LogP contribution in [0, 0.1) is 5.92 Å². The predicted octanol–water partition coefficient (Wildman–Crippen LogP) is 6.64. The molecule has 2 fully saturated rings. The summed E-state index contributed by atoms with van der Waals surface area (Å²) in [4.78, 5) is 27.9. The molecule has 5 nitrogen and oxygen atoms in total. The minimum atomic E-state index is -0.353. The molecule has 0 spiro atoms. The molecule has 0 radical (unpaired) electrons. The largest absolute Gasteiger partial charge is 0.489 e. The monoisotopic (exact) mass is 511 g/mol. The molecular formula is C28H30ClNO4S. The number of carbonyl (C=O) groups is 2. The number of hydrogen-bond acceptors (Lipinski definition) is 5. The minimum Gasteiger partial charge on any atom is -0.489 e. The Bertz CT molecular complexity index is 1220. The van der Waals surface area contributed by atoms with E-state index in [-0.39, 0.29) is 11.9 Å². The Morgan fingerprint density at radius 3 is 2.60 bits per heavy atom. The summed E-state index contributed by atoms with van der Waals surface area (Å²) in [5.41, 5.74) is 1.48. The van der Waals surface area contributed by atoms with E-state index in [2.05, 4.69) is 4.90 Å². The summed E-state index contributed by atoms with van der Waals surface area (Å²) in [6.45, 7) is 1.28. The van der Waals surface area contributed by atoms with Gasteiger partial charge in [0.2, 0.25) is 5.91 Å². The number of esters is 1. The van der Waals surface area contributed by atoms with Gasteiger partial charge >= 0.3 is 5.97 Å². The van der Waals surface area contributed by atoms with Crippen molar-refractivity contribution in [3.05, 3.63) is 63.5 Å². The highest BCUT2D eigenvalue weighted by Crippen LogP contribution is 2.40. The second-order valence-electron chi connectivity index (χ2n) is 9.49. The Kier molecular flexibility index (Phi) is 7.30. The number of rotatable bonds is 7. The van der Waals surface area contributed by atoms with E-state index in [9.17, 15) is 9.59 Å². The second-order valence-corrected chi connectivity index (χ2v) is 11.0. The number of fused-ring (bicyclic) bond motifs is 1. The van der Waals surface area contributed by atoms with Crippen LogP contribution in [0.15, 0.2) is 42.5 Å². The van der Waals surface area contributed by atoms with E-state index >= 15 is 0 Å². The first-order valence-electron chi connectivity index (χ1n) is 12.3. The molecule has 2 aromatic carbocycles. The number of ether oxygens (including phenoxy) is 2. The highest BCUT2D eigenvalue weighted by Gasteiger charge is 2.36. The van der Waals surface area contributed by atoms with Crippen molar-refractivity contribution >= 4 is 44.9 Å². The molecule has 1 aromatic heterocycles. The van der Waals surface area contributed by atoms with Gasteiger partial charge in [-0.05, 0) is 61.6 Å². The molecule has 1 aliphatic heterocycles. The lowest BCUT2D eigenvalue weighted by Gasteiger charge is -2.31. The number of hydrogen-bond donors (Lipinski definition) is 0. The number of nitrogens with zero attached hydrogens (tertiary/aromatic N) is 1. The van der Waals surface area contributed by atoms with Gasteiger partial charge in [0.05, 0.1) is 17.7 Å². The molecule has 5 rings (SSSR count). The van der Waals surface area contributed by atoms with Gasteiger partial charge in [0.15, 0.2) is 0 Å². The Labute approximate surface area is 215 Å².